The molecular weight excluding hydrogens is 216 g/mol. The Hall–Kier alpha value is -1.55. The fourth-order valence-corrected chi connectivity index (χ4v) is 2.18. The van der Waals surface area contributed by atoms with Crippen LogP contribution in [0.15, 0.2) is 24.3 Å². The normalized spacial score (nSPS) is 18.6. The number of carbonyl (C=O) groups excluding carboxylic acids is 1. The average molecular weight is 234 g/mol. The quantitative estimate of drug-likeness (QED) is 0.684. The highest BCUT2D eigenvalue weighted by Crippen LogP contribution is 2.29. The van der Waals surface area contributed by atoms with Gasteiger partial charge < -0.3 is 16.2 Å². The predicted molar refractivity (Wildman–Crippen MR) is 67.5 cm³/mol. The molecule has 4 nitrogen and oxygen atoms in total. The van der Waals surface area contributed by atoms with Crippen molar-refractivity contribution in [2.24, 2.45) is 0 Å². The van der Waals surface area contributed by atoms with Gasteiger partial charge in [-0.15, -0.1) is 0 Å². The minimum absolute atomic E-state index is 0.304. The fraction of sp³-hybridized carbons (Fsp3) is 0.462. The lowest BCUT2D eigenvalue weighted by Crippen LogP contribution is -2.44. The molecule has 4 heteroatoms. The molecule has 2 rings (SSSR count). The number of nitrogens with one attached hydrogen (secondary N) is 1. The topological polar surface area (TPSA) is 75.3 Å². The van der Waals surface area contributed by atoms with Crippen molar-refractivity contribution in [1.29, 1.82) is 0 Å². The molecule has 0 bridgehead atoms. The van der Waals surface area contributed by atoms with Gasteiger partial charge in [-0.25, -0.2) is 0 Å². The average Bonchev–Trinajstić information content (AvgIpc) is 2.33. The van der Waals surface area contributed by atoms with Crippen LogP contribution in [0.25, 0.3) is 0 Å². The van der Waals surface area contributed by atoms with Crippen molar-refractivity contribution in [3.05, 3.63) is 24.3 Å². The number of hydrogen-bond donors (Lipinski definition) is 3. The van der Waals surface area contributed by atoms with Gasteiger partial charge in [0.15, 0.2) is 0 Å². The molecule has 0 spiro atoms. The van der Waals surface area contributed by atoms with Gasteiger partial charge in [-0.1, -0.05) is 19.3 Å². The first-order valence-electron chi connectivity index (χ1n) is 5.99. The minimum Gasteiger partial charge on any atom is -0.399 e. The second-order valence-corrected chi connectivity index (χ2v) is 4.67. The van der Waals surface area contributed by atoms with E-state index >= 15 is 0 Å². The summed E-state index contributed by atoms with van der Waals surface area (Å²) in [6, 6.07) is 6.92. The number of nitrogen functional groups attached to an aromatic ring is 1. The van der Waals surface area contributed by atoms with E-state index in [1.54, 1.807) is 24.3 Å². The number of hydrogen-bond acceptors (Lipinski definition) is 3. The third-order valence-electron chi connectivity index (χ3n) is 3.27. The molecule has 0 saturated heterocycles. The molecule has 0 radical (unpaired) electrons. The lowest BCUT2D eigenvalue weighted by atomic mass is 9.84. The van der Waals surface area contributed by atoms with Crippen molar-refractivity contribution >= 4 is 17.3 Å². The van der Waals surface area contributed by atoms with Crippen LogP contribution in [0.2, 0.25) is 0 Å². The number of aliphatic hydroxyl groups is 1. The number of rotatable bonds is 2. The molecule has 17 heavy (non-hydrogen) atoms. The summed E-state index contributed by atoms with van der Waals surface area (Å²) in [7, 11) is 0. The molecule has 0 unspecified atom stereocenters. The third-order valence-corrected chi connectivity index (χ3v) is 3.27. The summed E-state index contributed by atoms with van der Waals surface area (Å²) in [5, 5.41) is 13.0. The Morgan fingerprint density at radius 1 is 1.18 bits per heavy atom. The monoisotopic (exact) mass is 234 g/mol. The lowest BCUT2D eigenvalue weighted by Gasteiger charge is -2.30. The van der Waals surface area contributed by atoms with E-state index in [1.165, 1.54) is 0 Å². The zero-order chi connectivity index (χ0) is 12.3. The van der Waals surface area contributed by atoms with Crippen LogP contribution < -0.4 is 11.1 Å². The Kier molecular flexibility index (Phi) is 3.33. The summed E-state index contributed by atoms with van der Waals surface area (Å²) in [4.78, 5) is 12.0. The van der Waals surface area contributed by atoms with Crippen molar-refractivity contribution in [3.63, 3.8) is 0 Å². The van der Waals surface area contributed by atoms with Crippen LogP contribution in [-0.4, -0.2) is 16.6 Å². The van der Waals surface area contributed by atoms with Gasteiger partial charge in [0, 0.05) is 11.4 Å². The van der Waals surface area contributed by atoms with Crippen LogP contribution in [0, 0.1) is 0 Å². The summed E-state index contributed by atoms with van der Waals surface area (Å²) in [6.07, 6.45) is 4.01. The Morgan fingerprint density at radius 2 is 1.76 bits per heavy atom. The summed E-state index contributed by atoms with van der Waals surface area (Å²) < 4.78 is 0. The van der Waals surface area contributed by atoms with Crippen LogP contribution >= 0.6 is 0 Å². The third kappa shape index (κ3) is 2.77. The van der Waals surface area contributed by atoms with E-state index < -0.39 is 5.60 Å². The molecule has 1 aromatic rings. The van der Waals surface area contributed by atoms with E-state index in [4.69, 9.17) is 5.73 Å². The molecule has 0 atom stereocenters. The number of nitrogens with two attached hydrogens (primary N) is 1. The highest BCUT2D eigenvalue weighted by atomic mass is 16.3. The maximum Gasteiger partial charge on any atom is 0.256 e. The molecule has 4 N–H and O–H groups in total. The van der Waals surface area contributed by atoms with Crippen molar-refractivity contribution in [3.8, 4) is 0 Å². The fourth-order valence-electron chi connectivity index (χ4n) is 2.18. The van der Waals surface area contributed by atoms with Gasteiger partial charge in [0.1, 0.15) is 5.60 Å². The largest absolute Gasteiger partial charge is 0.399 e. The molecule has 92 valence electrons. The maximum atomic E-state index is 12.0. The Balaban J connectivity index is 2.03. The Bertz CT molecular complexity index is 394. The van der Waals surface area contributed by atoms with E-state index in [0.29, 0.717) is 24.2 Å². The first-order valence-corrected chi connectivity index (χ1v) is 5.99. The Morgan fingerprint density at radius 3 is 2.35 bits per heavy atom. The van der Waals surface area contributed by atoms with Gasteiger partial charge in [0.25, 0.3) is 5.91 Å². The second kappa shape index (κ2) is 4.75. The maximum absolute atomic E-state index is 12.0. The molecule has 1 amide bonds. The van der Waals surface area contributed by atoms with Crippen LogP contribution in [-0.2, 0) is 4.79 Å². The van der Waals surface area contributed by atoms with E-state index in [9.17, 15) is 9.90 Å². The van der Waals surface area contributed by atoms with Crippen molar-refractivity contribution in [1.82, 2.24) is 0 Å². The molecule has 1 aliphatic rings. The van der Waals surface area contributed by atoms with E-state index in [-0.39, 0.29) is 5.91 Å². The molecule has 1 aromatic carbocycles. The van der Waals surface area contributed by atoms with Gasteiger partial charge in [0.05, 0.1) is 0 Å². The van der Waals surface area contributed by atoms with E-state index in [1.807, 2.05) is 0 Å². The highest BCUT2D eigenvalue weighted by molar-refractivity contribution is 5.97. The smallest absolute Gasteiger partial charge is 0.256 e. The van der Waals surface area contributed by atoms with Crippen LogP contribution in [0.1, 0.15) is 32.1 Å². The predicted octanol–water partition coefficient (Wildman–Crippen LogP) is 1.90. The molecule has 0 aromatic heterocycles. The van der Waals surface area contributed by atoms with E-state index in [2.05, 4.69) is 5.32 Å². The van der Waals surface area contributed by atoms with Crippen LogP contribution in [0.3, 0.4) is 0 Å². The first-order chi connectivity index (χ1) is 8.10. The Labute approximate surface area is 101 Å². The highest BCUT2D eigenvalue weighted by Gasteiger charge is 2.36. The van der Waals surface area contributed by atoms with Gasteiger partial charge in [0.2, 0.25) is 0 Å². The molecule has 1 aliphatic carbocycles. The number of amides is 1. The number of benzene rings is 1. The summed E-state index contributed by atoms with van der Waals surface area (Å²) in [6.45, 7) is 0. The minimum atomic E-state index is -1.19. The number of carbonyl (C=O) groups is 1. The van der Waals surface area contributed by atoms with Gasteiger partial charge in [-0.2, -0.15) is 0 Å². The van der Waals surface area contributed by atoms with Crippen molar-refractivity contribution in [2.75, 3.05) is 11.1 Å². The first kappa shape index (κ1) is 11.9. The molecular formula is C13H18N2O2. The van der Waals surface area contributed by atoms with Crippen molar-refractivity contribution < 1.29 is 9.90 Å². The molecule has 0 aliphatic heterocycles. The van der Waals surface area contributed by atoms with E-state index in [0.717, 1.165) is 19.3 Å². The SMILES string of the molecule is Nc1ccc(NC(=O)C2(O)CCCCC2)cc1. The summed E-state index contributed by atoms with van der Waals surface area (Å²) in [5.41, 5.74) is 5.69. The number of anilines is 2. The summed E-state index contributed by atoms with van der Waals surface area (Å²) >= 11 is 0. The van der Waals surface area contributed by atoms with Crippen LogP contribution in [0.5, 0.6) is 0 Å². The summed E-state index contributed by atoms with van der Waals surface area (Å²) in [5.74, 6) is -0.304. The zero-order valence-electron chi connectivity index (χ0n) is 9.78. The van der Waals surface area contributed by atoms with Crippen LogP contribution in [0.4, 0.5) is 11.4 Å². The molecule has 1 saturated carbocycles. The standard InChI is InChI=1S/C13H18N2O2/c14-10-4-6-11(7-5-10)15-12(16)13(17)8-2-1-3-9-13/h4-7,17H,1-3,8-9,14H2,(H,15,16). The van der Waals surface area contributed by atoms with Gasteiger partial charge >= 0.3 is 0 Å². The van der Waals surface area contributed by atoms with Gasteiger partial charge in [-0.3, -0.25) is 4.79 Å². The second-order valence-electron chi connectivity index (χ2n) is 4.67. The molecule has 1 fully saturated rings. The lowest BCUT2D eigenvalue weighted by molar-refractivity contribution is -0.137. The van der Waals surface area contributed by atoms with Gasteiger partial charge in [-0.05, 0) is 37.1 Å². The zero-order valence-corrected chi connectivity index (χ0v) is 9.78. The molecule has 0 heterocycles. The van der Waals surface area contributed by atoms with Crippen molar-refractivity contribution in [2.45, 2.75) is 37.7 Å².